The Labute approximate surface area is 90.3 Å². The Morgan fingerprint density at radius 3 is 2.53 bits per heavy atom. The second kappa shape index (κ2) is 3.69. The van der Waals surface area contributed by atoms with Gasteiger partial charge in [-0.3, -0.25) is 0 Å². The number of rotatable bonds is 4. The van der Waals surface area contributed by atoms with Crippen molar-refractivity contribution in [1.29, 1.82) is 0 Å². The summed E-state index contributed by atoms with van der Waals surface area (Å²) in [5.74, 6) is 0.858. The minimum atomic E-state index is -0.245. The van der Waals surface area contributed by atoms with Gasteiger partial charge in [-0.05, 0) is 32.8 Å². The fourth-order valence-corrected chi connectivity index (χ4v) is 1.82. The average Bonchev–Trinajstić information content (AvgIpc) is 2.98. The van der Waals surface area contributed by atoms with Crippen molar-refractivity contribution >= 4 is 6.29 Å². The molecular weight excluding hydrogens is 188 g/mol. The van der Waals surface area contributed by atoms with Crippen LogP contribution in [0.5, 0.6) is 5.75 Å². The van der Waals surface area contributed by atoms with Crippen molar-refractivity contribution in [2.75, 3.05) is 0 Å². The molecule has 1 aromatic carbocycles. The number of ether oxygens (including phenoxy) is 1. The van der Waals surface area contributed by atoms with Gasteiger partial charge in [-0.1, -0.05) is 18.2 Å². The van der Waals surface area contributed by atoms with Crippen molar-refractivity contribution in [3.63, 3.8) is 0 Å². The van der Waals surface area contributed by atoms with Gasteiger partial charge in [-0.15, -0.1) is 0 Å². The van der Waals surface area contributed by atoms with E-state index in [0.29, 0.717) is 0 Å². The Kier molecular flexibility index (Phi) is 2.51. The van der Waals surface area contributed by atoms with Crippen LogP contribution < -0.4 is 4.74 Å². The van der Waals surface area contributed by atoms with Gasteiger partial charge in [0.05, 0.1) is 11.5 Å². The van der Waals surface area contributed by atoms with E-state index in [9.17, 15) is 4.79 Å². The van der Waals surface area contributed by atoms with Crippen LogP contribution in [0.3, 0.4) is 0 Å². The predicted octanol–water partition coefficient (Wildman–Crippen LogP) is 2.70. The van der Waals surface area contributed by atoms with Crippen LogP contribution in [0.25, 0.3) is 0 Å². The number of hydrogen-bond donors (Lipinski definition) is 0. The Balaban J connectivity index is 2.34. The molecule has 2 nitrogen and oxygen atoms in total. The summed E-state index contributed by atoms with van der Waals surface area (Å²) < 4.78 is 5.71. The average molecular weight is 204 g/mol. The van der Waals surface area contributed by atoms with Gasteiger partial charge in [-0.2, -0.15) is 0 Å². The molecule has 1 aliphatic rings. The lowest BCUT2D eigenvalue weighted by Crippen LogP contribution is -2.13. The smallest absolute Gasteiger partial charge is 0.130 e. The molecule has 0 radical (unpaired) electrons. The van der Waals surface area contributed by atoms with E-state index in [2.05, 4.69) is 0 Å². The number of carbonyl (C=O) groups is 1. The van der Waals surface area contributed by atoms with Crippen LogP contribution in [-0.4, -0.2) is 12.4 Å². The molecule has 0 unspecified atom stereocenters. The third kappa shape index (κ3) is 1.89. The minimum absolute atomic E-state index is 0.147. The molecular formula is C13H16O2. The minimum Gasteiger partial charge on any atom is -0.491 e. The fourth-order valence-electron chi connectivity index (χ4n) is 1.82. The van der Waals surface area contributed by atoms with Crippen molar-refractivity contribution in [1.82, 2.24) is 0 Å². The SMILES string of the molecule is CC(C)Oc1ccccc1C1(C=O)CC1. The van der Waals surface area contributed by atoms with E-state index < -0.39 is 0 Å². The first-order valence-electron chi connectivity index (χ1n) is 5.40. The lowest BCUT2D eigenvalue weighted by molar-refractivity contribution is -0.109. The van der Waals surface area contributed by atoms with Crippen LogP contribution >= 0.6 is 0 Å². The van der Waals surface area contributed by atoms with E-state index in [-0.39, 0.29) is 11.5 Å². The van der Waals surface area contributed by atoms with Crippen LogP contribution in [-0.2, 0) is 10.2 Å². The van der Waals surface area contributed by atoms with Crippen LogP contribution in [0.1, 0.15) is 32.3 Å². The maximum absolute atomic E-state index is 11.1. The zero-order chi connectivity index (χ0) is 10.9. The first-order chi connectivity index (χ1) is 7.18. The Bertz CT molecular complexity index is 365. The van der Waals surface area contributed by atoms with Gasteiger partial charge in [0.15, 0.2) is 0 Å². The fraction of sp³-hybridized carbons (Fsp3) is 0.462. The van der Waals surface area contributed by atoms with E-state index in [0.717, 1.165) is 30.4 Å². The number of para-hydroxylation sites is 1. The van der Waals surface area contributed by atoms with Gasteiger partial charge in [0.1, 0.15) is 12.0 Å². The van der Waals surface area contributed by atoms with Crippen molar-refractivity contribution in [2.45, 2.75) is 38.2 Å². The molecule has 1 saturated carbocycles. The molecule has 0 N–H and O–H groups in total. The molecule has 0 aromatic heterocycles. The van der Waals surface area contributed by atoms with Gasteiger partial charge < -0.3 is 9.53 Å². The van der Waals surface area contributed by atoms with E-state index in [1.54, 1.807) is 0 Å². The maximum atomic E-state index is 11.1. The summed E-state index contributed by atoms with van der Waals surface area (Å²) in [6, 6.07) is 7.85. The molecule has 1 aliphatic carbocycles. The summed E-state index contributed by atoms with van der Waals surface area (Å²) in [6.07, 6.45) is 3.12. The molecule has 0 bridgehead atoms. The van der Waals surface area contributed by atoms with E-state index in [1.165, 1.54) is 0 Å². The van der Waals surface area contributed by atoms with Crippen molar-refractivity contribution in [3.05, 3.63) is 29.8 Å². The van der Waals surface area contributed by atoms with Crippen LogP contribution in [0.15, 0.2) is 24.3 Å². The Hall–Kier alpha value is -1.31. The molecule has 0 aliphatic heterocycles. The van der Waals surface area contributed by atoms with E-state index in [4.69, 9.17) is 4.74 Å². The highest BCUT2D eigenvalue weighted by Crippen LogP contribution is 2.49. The lowest BCUT2D eigenvalue weighted by atomic mass is 9.97. The summed E-state index contributed by atoms with van der Waals surface area (Å²) in [7, 11) is 0. The Morgan fingerprint density at radius 1 is 1.33 bits per heavy atom. The lowest BCUT2D eigenvalue weighted by Gasteiger charge is -2.17. The zero-order valence-corrected chi connectivity index (χ0v) is 9.19. The number of benzene rings is 1. The first kappa shape index (κ1) is 10.2. The van der Waals surface area contributed by atoms with Gasteiger partial charge in [0.2, 0.25) is 0 Å². The zero-order valence-electron chi connectivity index (χ0n) is 9.19. The van der Waals surface area contributed by atoms with Crippen LogP contribution in [0.4, 0.5) is 0 Å². The molecule has 0 amide bonds. The van der Waals surface area contributed by atoms with Crippen molar-refractivity contribution < 1.29 is 9.53 Å². The normalized spacial score (nSPS) is 17.5. The molecule has 1 aromatic rings. The third-order valence-electron chi connectivity index (χ3n) is 2.80. The standard InChI is InChI=1S/C13H16O2/c1-10(2)15-12-6-4-3-5-11(12)13(9-14)7-8-13/h3-6,9-10H,7-8H2,1-2H3. The monoisotopic (exact) mass is 204 g/mol. The molecule has 0 atom stereocenters. The van der Waals surface area contributed by atoms with Crippen LogP contribution in [0, 0.1) is 0 Å². The summed E-state index contributed by atoms with van der Waals surface area (Å²) in [5, 5.41) is 0. The molecule has 0 heterocycles. The maximum Gasteiger partial charge on any atom is 0.130 e. The largest absolute Gasteiger partial charge is 0.491 e. The highest BCUT2D eigenvalue weighted by molar-refractivity contribution is 5.74. The summed E-state index contributed by atoms with van der Waals surface area (Å²) in [4.78, 5) is 11.1. The second-order valence-electron chi connectivity index (χ2n) is 4.44. The molecule has 2 rings (SSSR count). The highest BCUT2D eigenvalue weighted by atomic mass is 16.5. The molecule has 15 heavy (non-hydrogen) atoms. The van der Waals surface area contributed by atoms with Gasteiger partial charge >= 0.3 is 0 Å². The Morgan fingerprint density at radius 2 is 2.00 bits per heavy atom. The summed E-state index contributed by atoms with van der Waals surface area (Å²) in [5.41, 5.74) is 0.805. The second-order valence-corrected chi connectivity index (χ2v) is 4.44. The van der Waals surface area contributed by atoms with E-state index >= 15 is 0 Å². The highest BCUT2D eigenvalue weighted by Gasteiger charge is 2.46. The van der Waals surface area contributed by atoms with Crippen LogP contribution in [0.2, 0.25) is 0 Å². The van der Waals surface area contributed by atoms with Crippen molar-refractivity contribution in [3.8, 4) is 5.75 Å². The molecule has 80 valence electrons. The molecule has 0 saturated heterocycles. The number of aldehydes is 1. The topological polar surface area (TPSA) is 26.3 Å². The number of hydrogen-bond acceptors (Lipinski definition) is 2. The summed E-state index contributed by atoms with van der Waals surface area (Å²) >= 11 is 0. The molecule has 2 heteroatoms. The third-order valence-corrected chi connectivity index (χ3v) is 2.80. The molecule has 1 fully saturated rings. The number of carbonyl (C=O) groups excluding carboxylic acids is 1. The van der Waals surface area contributed by atoms with E-state index in [1.807, 2.05) is 38.1 Å². The predicted molar refractivity (Wildman–Crippen MR) is 59.2 cm³/mol. The summed E-state index contributed by atoms with van der Waals surface area (Å²) in [6.45, 7) is 3.99. The van der Waals surface area contributed by atoms with Gasteiger partial charge in [-0.25, -0.2) is 0 Å². The van der Waals surface area contributed by atoms with Crippen molar-refractivity contribution in [2.24, 2.45) is 0 Å². The molecule has 0 spiro atoms. The van der Waals surface area contributed by atoms with Gasteiger partial charge in [0.25, 0.3) is 0 Å². The van der Waals surface area contributed by atoms with Gasteiger partial charge in [0, 0.05) is 5.56 Å². The first-order valence-corrected chi connectivity index (χ1v) is 5.40. The quantitative estimate of drug-likeness (QED) is 0.705.